The van der Waals surface area contributed by atoms with E-state index < -0.39 is 0 Å². The molecule has 1 aromatic heterocycles. The lowest BCUT2D eigenvalue weighted by Crippen LogP contribution is -2.03. The van der Waals surface area contributed by atoms with E-state index in [0.29, 0.717) is 4.77 Å². The summed E-state index contributed by atoms with van der Waals surface area (Å²) in [4.78, 5) is 0. The molecule has 0 fully saturated rings. The zero-order valence-electron chi connectivity index (χ0n) is 10.1. The van der Waals surface area contributed by atoms with Crippen molar-refractivity contribution in [2.24, 2.45) is 0 Å². The van der Waals surface area contributed by atoms with Crippen molar-refractivity contribution in [2.45, 2.75) is 19.9 Å². The van der Waals surface area contributed by atoms with Crippen LogP contribution in [0.5, 0.6) is 11.5 Å². The second kappa shape index (κ2) is 4.13. The topological polar surface area (TPSA) is 52.1 Å². The average molecular weight is 263 g/mol. The Morgan fingerprint density at radius 1 is 1.33 bits per heavy atom. The fourth-order valence-electron chi connectivity index (χ4n) is 2.02. The van der Waals surface area contributed by atoms with E-state index in [9.17, 15) is 0 Å². The van der Waals surface area contributed by atoms with Gasteiger partial charge in [0.2, 0.25) is 6.79 Å². The first kappa shape index (κ1) is 11.3. The molecule has 0 unspecified atom stereocenters. The molecule has 94 valence electrons. The second-order valence-electron chi connectivity index (χ2n) is 4.38. The number of hydrogen-bond donors (Lipinski definition) is 1. The summed E-state index contributed by atoms with van der Waals surface area (Å²) in [6.45, 7) is 4.42. The SMILES string of the molecule is CC(C)n1c(-c2ccc3c(c2)OCO3)n[nH]c1=S. The number of hydrogen-bond acceptors (Lipinski definition) is 4. The van der Waals surface area contributed by atoms with Crippen LogP contribution in [0.4, 0.5) is 0 Å². The Labute approximate surface area is 109 Å². The Balaban J connectivity index is 2.13. The molecule has 0 spiro atoms. The van der Waals surface area contributed by atoms with Gasteiger partial charge in [-0.3, -0.25) is 9.67 Å². The number of aromatic nitrogens is 3. The molecule has 2 aromatic rings. The molecular formula is C12H13N3O2S. The maximum Gasteiger partial charge on any atom is 0.231 e. The van der Waals surface area contributed by atoms with Crippen molar-refractivity contribution >= 4 is 12.2 Å². The monoisotopic (exact) mass is 263 g/mol. The molecule has 0 saturated heterocycles. The minimum atomic E-state index is 0.247. The molecule has 0 atom stereocenters. The van der Waals surface area contributed by atoms with E-state index in [1.165, 1.54) is 0 Å². The number of rotatable bonds is 2. The highest BCUT2D eigenvalue weighted by molar-refractivity contribution is 7.71. The lowest BCUT2D eigenvalue weighted by atomic mass is 10.2. The Hall–Kier alpha value is -1.82. The van der Waals surface area contributed by atoms with Gasteiger partial charge in [0.15, 0.2) is 22.1 Å². The van der Waals surface area contributed by atoms with Gasteiger partial charge < -0.3 is 9.47 Å². The van der Waals surface area contributed by atoms with E-state index in [4.69, 9.17) is 21.7 Å². The molecule has 18 heavy (non-hydrogen) atoms. The Kier molecular flexibility index (Phi) is 2.59. The number of ether oxygens (including phenoxy) is 2. The summed E-state index contributed by atoms with van der Waals surface area (Å²) < 4.78 is 13.3. The highest BCUT2D eigenvalue weighted by Crippen LogP contribution is 2.35. The number of nitrogens with one attached hydrogen (secondary N) is 1. The third-order valence-corrected chi connectivity index (χ3v) is 3.14. The Morgan fingerprint density at radius 3 is 2.89 bits per heavy atom. The van der Waals surface area contributed by atoms with Gasteiger partial charge in [-0.25, -0.2) is 0 Å². The molecule has 0 amide bonds. The maximum absolute atomic E-state index is 5.37. The van der Waals surface area contributed by atoms with Gasteiger partial charge in [-0.05, 0) is 44.3 Å². The standard InChI is InChI=1S/C12H13N3O2S/c1-7(2)15-11(13-14-12(15)18)8-3-4-9-10(5-8)17-6-16-9/h3-5,7H,6H2,1-2H3,(H,14,18). The van der Waals surface area contributed by atoms with E-state index in [0.717, 1.165) is 22.9 Å². The molecule has 0 saturated carbocycles. The molecule has 0 bridgehead atoms. The number of aromatic amines is 1. The number of H-pyrrole nitrogens is 1. The number of fused-ring (bicyclic) bond motifs is 1. The molecule has 1 aliphatic rings. The molecule has 0 radical (unpaired) electrons. The molecule has 1 aromatic carbocycles. The summed E-state index contributed by atoms with van der Waals surface area (Å²) >= 11 is 5.24. The highest BCUT2D eigenvalue weighted by Gasteiger charge is 2.17. The van der Waals surface area contributed by atoms with Crippen LogP contribution in [-0.2, 0) is 0 Å². The van der Waals surface area contributed by atoms with Gasteiger partial charge >= 0.3 is 0 Å². The fraction of sp³-hybridized carbons (Fsp3) is 0.333. The predicted octanol–water partition coefficient (Wildman–Crippen LogP) is 2.92. The molecule has 1 N–H and O–H groups in total. The van der Waals surface area contributed by atoms with Gasteiger partial charge in [-0.1, -0.05) is 0 Å². The zero-order chi connectivity index (χ0) is 12.7. The lowest BCUT2D eigenvalue weighted by Gasteiger charge is -2.10. The molecule has 1 aliphatic heterocycles. The van der Waals surface area contributed by atoms with Crippen molar-refractivity contribution in [1.82, 2.24) is 14.8 Å². The average Bonchev–Trinajstić information content (AvgIpc) is 2.93. The molecule has 2 heterocycles. The van der Waals surface area contributed by atoms with Crippen LogP contribution in [0.2, 0.25) is 0 Å². The van der Waals surface area contributed by atoms with E-state index in [1.54, 1.807) is 0 Å². The van der Waals surface area contributed by atoms with Gasteiger partial charge in [0.25, 0.3) is 0 Å². The van der Waals surface area contributed by atoms with Crippen LogP contribution in [-0.4, -0.2) is 21.6 Å². The van der Waals surface area contributed by atoms with Crippen molar-refractivity contribution in [1.29, 1.82) is 0 Å². The Bertz CT molecular complexity index is 645. The van der Waals surface area contributed by atoms with Gasteiger partial charge in [0, 0.05) is 11.6 Å². The minimum absolute atomic E-state index is 0.247. The summed E-state index contributed by atoms with van der Waals surface area (Å²) in [5, 5.41) is 7.11. The normalized spacial score (nSPS) is 13.3. The van der Waals surface area contributed by atoms with Crippen LogP contribution in [0.3, 0.4) is 0 Å². The van der Waals surface area contributed by atoms with Crippen molar-refractivity contribution < 1.29 is 9.47 Å². The third kappa shape index (κ3) is 1.69. The van der Waals surface area contributed by atoms with Crippen LogP contribution in [0, 0.1) is 4.77 Å². The number of nitrogens with zero attached hydrogens (tertiary/aromatic N) is 2. The quantitative estimate of drug-likeness (QED) is 0.846. The third-order valence-electron chi connectivity index (χ3n) is 2.85. The summed E-state index contributed by atoms with van der Waals surface area (Å²) in [5.41, 5.74) is 0.959. The first-order valence-electron chi connectivity index (χ1n) is 5.74. The number of benzene rings is 1. The van der Waals surface area contributed by atoms with Crippen molar-refractivity contribution in [3.63, 3.8) is 0 Å². The molecule has 6 heteroatoms. The predicted molar refractivity (Wildman–Crippen MR) is 69.4 cm³/mol. The summed E-state index contributed by atoms with van der Waals surface area (Å²) in [7, 11) is 0. The summed E-state index contributed by atoms with van der Waals surface area (Å²) in [6.07, 6.45) is 0. The summed E-state index contributed by atoms with van der Waals surface area (Å²) in [6, 6.07) is 6.01. The van der Waals surface area contributed by atoms with Crippen LogP contribution in [0.15, 0.2) is 18.2 Å². The van der Waals surface area contributed by atoms with Gasteiger partial charge in [-0.2, -0.15) is 5.10 Å². The van der Waals surface area contributed by atoms with Crippen LogP contribution in [0.25, 0.3) is 11.4 Å². The van der Waals surface area contributed by atoms with Crippen molar-refractivity contribution in [2.75, 3.05) is 6.79 Å². The van der Waals surface area contributed by atoms with Gasteiger partial charge in [0.05, 0.1) is 0 Å². The summed E-state index contributed by atoms with van der Waals surface area (Å²) in [5.74, 6) is 2.33. The highest BCUT2D eigenvalue weighted by atomic mass is 32.1. The first-order chi connectivity index (χ1) is 8.66. The van der Waals surface area contributed by atoms with E-state index in [2.05, 4.69) is 24.0 Å². The molecule has 5 nitrogen and oxygen atoms in total. The van der Waals surface area contributed by atoms with Crippen molar-refractivity contribution in [3.05, 3.63) is 23.0 Å². The first-order valence-corrected chi connectivity index (χ1v) is 6.14. The van der Waals surface area contributed by atoms with Crippen LogP contribution < -0.4 is 9.47 Å². The maximum atomic E-state index is 5.37. The smallest absolute Gasteiger partial charge is 0.231 e. The van der Waals surface area contributed by atoms with Crippen LogP contribution in [0.1, 0.15) is 19.9 Å². The molecule has 3 rings (SSSR count). The van der Waals surface area contributed by atoms with Gasteiger partial charge in [0.1, 0.15) is 0 Å². The Morgan fingerprint density at radius 2 is 2.11 bits per heavy atom. The molecular weight excluding hydrogens is 250 g/mol. The fourth-order valence-corrected chi connectivity index (χ4v) is 2.37. The van der Waals surface area contributed by atoms with Crippen molar-refractivity contribution in [3.8, 4) is 22.9 Å². The lowest BCUT2D eigenvalue weighted by molar-refractivity contribution is 0.174. The van der Waals surface area contributed by atoms with E-state index >= 15 is 0 Å². The van der Waals surface area contributed by atoms with Gasteiger partial charge in [-0.15, -0.1) is 0 Å². The van der Waals surface area contributed by atoms with E-state index in [-0.39, 0.29) is 12.8 Å². The van der Waals surface area contributed by atoms with E-state index in [1.807, 2.05) is 22.8 Å². The van der Waals surface area contributed by atoms with Crippen LogP contribution >= 0.6 is 12.2 Å². The minimum Gasteiger partial charge on any atom is -0.454 e. The zero-order valence-corrected chi connectivity index (χ0v) is 11.0. The largest absolute Gasteiger partial charge is 0.454 e. The second-order valence-corrected chi connectivity index (χ2v) is 4.77. The molecule has 0 aliphatic carbocycles.